The summed E-state index contributed by atoms with van der Waals surface area (Å²) in [6, 6.07) is 8.89. The Balaban J connectivity index is 2.38. The highest BCUT2D eigenvalue weighted by Gasteiger charge is 2.15. The molecule has 0 unspecified atom stereocenters. The number of nitrogens with zero attached hydrogens (tertiary/aromatic N) is 1. The van der Waals surface area contributed by atoms with E-state index in [-0.39, 0.29) is 22.5 Å². The van der Waals surface area contributed by atoms with Crippen molar-refractivity contribution >= 4 is 29.0 Å². The lowest BCUT2D eigenvalue weighted by Gasteiger charge is -2.09. The third kappa shape index (κ3) is 3.18. The minimum atomic E-state index is -1.24. The molecule has 0 saturated heterocycles. The summed E-state index contributed by atoms with van der Waals surface area (Å²) >= 11 is 0. The van der Waals surface area contributed by atoms with Crippen LogP contribution in [0.2, 0.25) is 0 Å². The third-order valence-corrected chi connectivity index (χ3v) is 2.86. The summed E-state index contributed by atoms with van der Waals surface area (Å²) in [6.45, 7) is 0. The van der Waals surface area contributed by atoms with Crippen LogP contribution in [-0.2, 0) is 0 Å². The number of benzene rings is 2. The molecule has 2 aromatic rings. The summed E-state index contributed by atoms with van der Waals surface area (Å²) in [5.41, 5.74) is 0.142. The Kier molecular flexibility index (Phi) is 4.03. The first kappa shape index (κ1) is 15.0. The number of hydrogen-bond donors (Lipinski definition) is 3. The molecule has 0 bridgehead atoms. The lowest BCUT2D eigenvalue weighted by atomic mass is 10.1. The Morgan fingerprint density at radius 3 is 2.14 bits per heavy atom. The minimum Gasteiger partial charge on any atom is -0.478 e. The van der Waals surface area contributed by atoms with Crippen LogP contribution in [0.5, 0.6) is 0 Å². The van der Waals surface area contributed by atoms with Gasteiger partial charge >= 0.3 is 11.9 Å². The molecule has 0 fully saturated rings. The Bertz CT molecular complexity index is 754. The normalized spacial score (nSPS) is 10.0. The van der Waals surface area contributed by atoms with E-state index >= 15 is 0 Å². The molecule has 3 N–H and O–H groups in total. The van der Waals surface area contributed by atoms with Crippen LogP contribution in [0.4, 0.5) is 17.1 Å². The van der Waals surface area contributed by atoms with Gasteiger partial charge in [0.15, 0.2) is 0 Å². The molecule has 2 aromatic carbocycles. The van der Waals surface area contributed by atoms with E-state index in [0.717, 1.165) is 18.2 Å². The minimum absolute atomic E-state index is 0.0461. The second-order valence-corrected chi connectivity index (χ2v) is 4.30. The lowest BCUT2D eigenvalue weighted by Crippen LogP contribution is -2.04. The van der Waals surface area contributed by atoms with E-state index < -0.39 is 16.9 Å². The van der Waals surface area contributed by atoms with Gasteiger partial charge in [-0.25, -0.2) is 9.59 Å². The van der Waals surface area contributed by atoms with Gasteiger partial charge in [-0.15, -0.1) is 0 Å². The Hall–Kier alpha value is -3.42. The molecule has 0 radical (unpaired) electrons. The lowest BCUT2D eigenvalue weighted by molar-refractivity contribution is -0.384. The molecular formula is C14H10N2O6. The number of rotatable bonds is 5. The molecule has 8 heteroatoms. The van der Waals surface area contributed by atoms with Gasteiger partial charge in [0.2, 0.25) is 0 Å². The Morgan fingerprint density at radius 1 is 1.00 bits per heavy atom. The summed E-state index contributed by atoms with van der Waals surface area (Å²) in [6.07, 6.45) is 0. The highest BCUT2D eigenvalue weighted by molar-refractivity contribution is 5.96. The monoisotopic (exact) mass is 302 g/mol. The number of nitrogens with one attached hydrogen (secondary N) is 1. The molecule has 0 aliphatic heterocycles. The molecule has 22 heavy (non-hydrogen) atoms. The van der Waals surface area contributed by atoms with Crippen molar-refractivity contribution in [2.75, 3.05) is 5.32 Å². The molecule has 0 saturated carbocycles. The zero-order chi connectivity index (χ0) is 16.3. The molecule has 8 nitrogen and oxygen atoms in total. The Labute approximate surface area is 123 Å². The number of hydrogen-bond acceptors (Lipinski definition) is 5. The number of aromatic carboxylic acids is 2. The summed E-state index contributed by atoms with van der Waals surface area (Å²) in [5.74, 6) is -2.33. The maximum atomic E-state index is 11.1. The van der Waals surface area contributed by atoms with Crippen LogP contribution >= 0.6 is 0 Å². The van der Waals surface area contributed by atoms with Gasteiger partial charge in [-0.2, -0.15) is 0 Å². The predicted molar refractivity (Wildman–Crippen MR) is 76.7 cm³/mol. The van der Waals surface area contributed by atoms with Crippen molar-refractivity contribution in [1.29, 1.82) is 0 Å². The van der Waals surface area contributed by atoms with Crippen LogP contribution in [0.25, 0.3) is 0 Å². The Morgan fingerprint density at radius 2 is 1.64 bits per heavy atom. The number of anilines is 2. The quantitative estimate of drug-likeness (QED) is 0.571. The van der Waals surface area contributed by atoms with Crippen molar-refractivity contribution in [1.82, 2.24) is 0 Å². The van der Waals surface area contributed by atoms with E-state index in [1.807, 2.05) is 0 Å². The van der Waals surface area contributed by atoms with Gasteiger partial charge in [0, 0.05) is 17.8 Å². The molecule has 0 aliphatic carbocycles. The molecule has 0 heterocycles. The molecule has 0 aliphatic rings. The fourth-order valence-electron chi connectivity index (χ4n) is 1.79. The van der Waals surface area contributed by atoms with Gasteiger partial charge in [0.25, 0.3) is 5.69 Å². The summed E-state index contributed by atoms with van der Waals surface area (Å²) in [7, 11) is 0. The number of carboxylic acid groups (broad SMARTS) is 2. The first-order chi connectivity index (χ1) is 10.4. The molecule has 112 valence electrons. The number of non-ortho nitro benzene ring substituents is 1. The van der Waals surface area contributed by atoms with Crippen LogP contribution < -0.4 is 5.32 Å². The second kappa shape index (κ2) is 5.92. The molecular weight excluding hydrogens is 292 g/mol. The van der Waals surface area contributed by atoms with Crippen molar-refractivity contribution in [3.8, 4) is 0 Å². The molecule has 0 aromatic heterocycles. The van der Waals surface area contributed by atoms with Gasteiger partial charge in [-0.1, -0.05) is 0 Å². The highest BCUT2D eigenvalue weighted by Crippen LogP contribution is 2.26. The SMILES string of the molecule is O=C(O)c1ccc(Nc2cc([N+](=O)[O-])ccc2C(=O)O)cc1. The van der Waals surface area contributed by atoms with Crippen LogP contribution in [-0.4, -0.2) is 27.1 Å². The number of carboxylic acids is 2. The maximum Gasteiger partial charge on any atom is 0.337 e. The first-order valence-corrected chi connectivity index (χ1v) is 6.00. The van der Waals surface area contributed by atoms with Crippen molar-refractivity contribution in [3.05, 3.63) is 63.7 Å². The molecule has 0 spiro atoms. The number of nitro benzene ring substituents is 1. The van der Waals surface area contributed by atoms with Gasteiger partial charge in [0.05, 0.1) is 21.7 Å². The van der Waals surface area contributed by atoms with E-state index in [2.05, 4.69) is 5.32 Å². The average Bonchev–Trinajstić information content (AvgIpc) is 2.47. The standard InChI is InChI=1S/C14H10N2O6/c17-13(18)8-1-3-9(4-2-8)15-12-7-10(16(21)22)5-6-11(12)14(19)20/h1-7,15H,(H,17,18)(H,19,20). The van der Waals surface area contributed by atoms with Crippen LogP contribution in [0.3, 0.4) is 0 Å². The average molecular weight is 302 g/mol. The van der Waals surface area contributed by atoms with Gasteiger partial charge < -0.3 is 15.5 Å². The first-order valence-electron chi connectivity index (χ1n) is 6.00. The number of nitro groups is 1. The van der Waals surface area contributed by atoms with E-state index in [1.54, 1.807) is 0 Å². The van der Waals surface area contributed by atoms with Gasteiger partial charge in [-0.3, -0.25) is 10.1 Å². The van der Waals surface area contributed by atoms with E-state index in [4.69, 9.17) is 10.2 Å². The topological polar surface area (TPSA) is 130 Å². The van der Waals surface area contributed by atoms with Crippen LogP contribution in [0, 0.1) is 10.1 Å². The highest BCUT2D eigenvalue weighted by atomic mass is 16.6. The molecule has 0 amide bonds. The zero-order valence-corrected chi connectivity index (χ0v) is 11.0. The number of carbonyl (C=O) groups is 2. The smallest absolute Gasteiger partial charge is 0.337 e. The van der Waals surface area contributed by atoms with Gasteiger partial charge in [0.1, 0.15) is 0 Å². The largest absolute Gasteiger partial charge is 0.478 e. The van der Waals surface area contributed by atoms with Crippen LogP contribution in [0.1, 0.15) is 20.7 Å². The summed E-state index contributed by atoms with van der Waals surface area (Å²) < 4.78 is 0. The molecule has 2 rings (SSSR count). The van der Waals surface area contributed by atoms with Crippen molar-refractivity contribution in [2.24, 2.45) is 0 Å². The zero-order valence-electron chi connectivity index (χ0n) is 11.0. The van der Waals surface area contributed by atoms with E-state index in [0.29, 0.717) is 5.69 Å². The summed E-state index contributed by atoms with van der Waals surface area (Å²) in [5, 5.41) is 31.4. The van der Waals surface area contributed by atoms with Crippen LogP contribution in [0.15, 0.2) is 42.5 Å². The van der Waals surface area contributed by atoms with E-state index in [1.165, 1.54) is 24.3 Å². The fraction of sp³-hybridized carbons (Fsp3) is 0. The van der Waals surface area contributed by atoms with Crippen molar-refractivity contribution in [3.63, 3.8) is 0 Å². The third-order valence-electron chi connectivity index (χ3n) is 2.86. The maximum absolute atomic E-state index is 11.1. The van der Waals surface area contributed by atoms with E-state index in [9.17, 15) is 19.7 Å². The van der Waals surface area contributed by atoms with Crippen molar-refractivity contribution in [2.45, 2.75) is 0 Å². The van der Waals surface area contributed by atoms with Gasteiger partial charge in [-0.05, 0) is 30.3 Å². The predicted octanol–water partition coefficient (Wildman–Crippen LogP) is 2.73. The second-order valence-electron chi connectivity index (χ2n) is 4.30. The fourth-order valence-corrected chi connectivity index (χ4v) is 1.79. The molecule has 0 atom stereocenters. The van der Waals surface area contributed by atoms with Crippen molar-refractivity contribution < 1.29 is 24.7 Å². The summed E-state index contributed by atoms with van der Waals surface area (Å²) in [4.78, 5) is 32.0.